The molecule has 0 aromatic heterocycles. The number of β-amino-alcohol motifs (C(OH)–C–C–N with tert-alkyl or cyclic N) is 1. The Morgan fingerprint density at radius 2 is 2.05 bits per heavy atom. The highest BCUT2D eigenvalue weighted by atomic mass is 32.2. The number of hydrogen-bond donors (Lipinski definition) is 1. The lowest BCUT2D eigenvalue weighted by Gasteiger charge is -2.42. The maximum Gasteiger partial charge on any atom is 0.270 e. The van der Waals surface area contributed by atoms with Crippen molar-refractivity contribution in [3.05, 3.63) is 34.1 Å². The van der Waals surface area contributed by atoms with Crippen LogP contribution in [0.15, 0.2) is 23.1 Å². The summed E-state index contributed by atoms with van der Waals surface area (Å²) in [4.78, 5) is 9.03. The van der Waals surface area contributed by atoms with Gasteiger partial charge in [-0.05, 0) is 13.0 Å². The summed E-state index contributed by atoms with van der Waals surface area (Å²) in [5, 5.41) is 20.1. The van der Waals surface area contributed by atoms with E-state index in [1.807, 2.05) is 0 Å². The first kappa shape index (κ1) is 13.8. The fourth-order valence-corrected chi connectivity index (χ4v) is 3.58. The van der Waals surface area contributed by atoms with Gasteiger partial charge in [-0.2, -0.15) is 4.31 Å². The van der Waals surface area contributed by atoms with E-state index in [-0.39, 0.29) is 13.1 Å². The third-order valence-corrected chi connectivity index (χ3v) is 4.58. The fraction of sp³-hybridized carbons (Fsp3) is 0.400. The van der Waals surface area contributed by atoms with E-state index in [1.54, 1.807) is 0 Å². The highest BCUT2D eigenvalue weighted by molar-refractivity contribution is 7.89. The van der Waals surface area contributed by atoms with E-state index in [0.717, 1.165) is 16.4 Å². The van der Waals surface area contributed by atoms with Crippen molar-refractivity contribution in [3.8, 4) is 0 Å². The van der Waals surface area contributed by atoms with Crippen LogP contribution in [0.3, 0.4) is 0 Å². The first-order valence-corrected chi connectivity index (χ1v) is 6.74. The van der Waals surface area contributed by atoms with Crippen molar-refractivity contribution < 1.29 is 22.8 Å². The molecule has 104 valence electrons. The number of aliphatic hydroxyl groups is 1. The Balaban J connectivity index is 2.41. The molecule has 1 saturated heterocycles. The summed E-state index contributed by atoms with van der Waals surface area (Å²) in [6, 6.07) is 2.31. The number of nitro groups is 1. The minimum Gasteiger partial charge on any atom is -0.387 e. The lowest BCUT2D eigenvalue weighted by atomic mass is 10.0. The smallest absolute Gasteiger partial charge is 0.270 e. The zero-order valence-electron chi connectivity index (χ0n) is 9.91. The molecule has 2 rings (SSSR count). The second kappa shape index (κ2) is 4.22. The summed E-state index contributed by atoms with van der Waals surface area (Å²) in [5.74, 6) is -1.06. The van der Waals surface area contributed by atoms with E-state index in [4.69, 9.17) is 0 Å². The van der Waals surface area contributed by atoms with Crippen molar-refractivity contribution in [2.75, 3.05) is 13.1 Å². The number of nitrogens with zero attached hydrogens (tertiary/aromatic N) is 2. The van der Waals surface area contributed by atoms with Crippen LogP contribution >= 0.6 is 0 Å². The van der Waals surface area contributed by atoms with Gasteiger partial charge < -0.3 is 5.11 Å². The molecule has 0 saturated carbocycles. The number of halogens is 1. The summed E-state index contributed by atoms with van der Waals surface area (Å²) >= 11 is 0. The predicted molar refractivity (Wildman–Crippen MR) is 62.4 cm³/mol. The summed E-state index contributed by atoms with van der Waals surface area (Å²) in [6.45, 7) is 1.11. The predicted octanol–water partition coefficient (Wildman–Crippen LogP) is 0.489. The summed E-state index contributed by atoms with van der Waals surface area (Å²) in [6.07, 6.45) is 0. The molecule has 7 nitrogen and oxygen atoms in total. The molecule has 0 bridgehead atoms. The Kier molecular flexibility index (Phi) is 3.07. The molecule has 19 heavy (non-hydrogen) atoms. The van der Waals surface area contributed by atoms with Crippen LogP contribution in [0.5, 0.6) is 0 Å². The largest absolute Gasteiger partial charge is 0.387 e. The van der Waals surface area contributed by atoms with Gasteiger partial charge in [0.25, 0.3) is 5.69 Å². The fourth-order valence-electron chi connectivity index (χ4n) is 1.83. The molecule has 9 heteroatoms. The highest BCUT2D eigenvalue weighted by Crippen LogP contribution is 2.30. The van der Waals surface area contributed by atoms with E-state index in [2.05, 4.69) is 0 Å². The second-order valence-corrected chi connectivity index (χ2v) is 6.55. The Morgan fingerprint density at radius 3 is 2.53 bits per heavy atom. The average molecular weight is 290 g/mol. The molecule has 0 amide bonds. The third kappa shape index (κ3) is 2.44. The third-order valence-electron chi connectivity index (χ3n) is 2.78. The zero-order valence-corrected chi connectivity index (χ0v) is 10.7. The van der Waals surface area contributed by atoms with Gasteiger partial charge in [-0.3, -0.25) is 10.1 Å². The van der Waals surface area contributed by atoms with E-state index in [9.17, 15) is 28.0 Å². The molecule has 0 radical (unpaired) electrons. The van der Waals surface area contributed by atoms with Gasteiger partial charge in [0.15, 0.2) is 0 Å². The quantitative estimate of drug-likeness (QED) is 0.645. The Bertz CT molecular complexity index is 635. The Labute approximate surface area is 108 Å². The van der Waals surface area contributed by atoms with E-state index < -0.39 is 36.9 Å². The van der Waals surface area contributed by atoms with Crippen LogP contribution in [0, 0.1) is 15.9 Å². The molecule has 0 atom stereocenters. The van der Waals surface area contributed by atoms with Gasteiger partial charge in [0.05, 0.1) is 10.5 Å². The van der Waals surface area contributed by atoms with Crippen LogP contribution in [0.25, 0.3) is 0 Å². The normalized spacial score (nSPS) is 18.9. The lowest BCUT2D eigenvalue weighted by molar-refractivity contribution is -0.385. The van der Waals surface area contributed by atoms with Crippen molar-refractivity contribution >= 4 is 15.7 Å². The Morgan fingerprint density at radius 1 is 1.47 bits per heavy atom. The zero-order chi connectivity index (χ0) is 14.4. The highest BCUT2D eigenvalue weighted by Gasteiger charge is 2.45. The molecular weight excluding hydrogens is 279 g/mol. The molecule has 1 aliphatic heterocycles. The van der Waals surface area contributed by atoms with Gasteiger partial charge >= 0.3 is 0 Å². The molecule has 0 spiro atoms. The van der Waals surface area contributed by atoms with Crippen molar-refractivity contribution in [2.45, 2.75) is 17.4 Å². The maximum atomic E-state index is 13.6. The molecule has 1 aromatic rings. The number of sulfonamides is 1. The van der Waals surface area contributed by atoms with E-state index in [1.165, 1.54) is 6.92 Å². The van der Waals surface area contributed by atoms with E-state index in [0.29, 0.717) is 6.07 Å². The van der Waals surface area contributed by atoms with Crippen LogP contribution in [0.4, 0.5) is 10.1 Å². The average Bonchev–Trinajstić information content (AvgIpc) is 2.25. The Hall–Kier alpha value is -1.58. The van der Waals surface area contributed by atoms with Crippen LogP contribution in [-0.2, 0) is 10.0 Å². The van der Waals surface area contributed by atoms with Crippen LogP contribution in [0.1, 0.15) is 6.92 Å². The molecule has 1 aromatic carbocycles. The van der Waals surface area contributed by atoms with Crippen molar-refractivity contribution in [1.29, 1.82) is 0 Å². The standard InChI is InChI=1S/C10H11FN2O5S/c1-10(14)5-12(6-10)19(17,18)9-4-7(13(15)16)2-3-8(9)11/h2-4,14H,5-6H2,1H3. The van der Waals surface area contributed by atoms with Crippen molar-refractivity contribution in [2.24, 2.45) is 0 Å². The topological polar surface area (TPSA) is 101 Å². The van der Waals surface area contributed by atoms with Gasteiger partial charge in [-0.1, -0.05) is 0 Å². The number of nitro benzene ring substituents is 1. The number of rotatable bonds is 3. The minimum atomic E-state index is -4.17. The van der Waals surface area contributed by atoms with Gasteiger partial charge in [0.1, 0.15) is 10.7 Å². The van der Waals surface area contributed by atoms with Crippen LogP contribution in [0.2, 0.25) is 0 Å². The second-order valence-electron chi connectivity index (χ2n) is 4.64. The minimum absolute atomic E-state index is 0.169. The van der Waals surface area contributed by atoms with Gasteiger partial charge in [0, 0.05) is 25.2 Å². The summed E-state index contributed by atoms with van der Waals surface area (Å²) < 4.78 is 38.5. The van der Waals surface area contributed by atoms with Crippen LogP contribution in [-0.4, -0.2) is 41.4 Å². The van der Waals surface area contributed by atoms with Gasteiger partial charge in [-0.25, -0.2) is 12.8 Å². The molecule has 0 aliphatic carbocycles. The number of non-ortho nitro benzene ring substituents is 1. The van der Waals surface area contributed by atoms with Gasteiger partial charge in [-0.15, -0.1) is 0 Å². The molecular formula is C10H11FN2O5S. The van der Waals surface area contributed by atoms with Crippen molar-refractivity contribution in [1.82, 2.24) is 4.31 Å². The number of hydrogen-bond acceptors (Lipinski definition) is 5. The molecule has 1 aliphatic rings. The summed E-state index contributed by atoms with van der Waals surface area (Å²) in [7, 11) is -4.17. The van der Waals surface area contributed by atoms with Gasteiger partial charge in [0.2, 0.25) is 10.0 Å². The monoisotopic (exact) mass is 290 g/mol. The summed E-state index contributed by atoms with van der Waals surface area (Å²) in [5.41, 5.74) is -1.66. The molecule has 0 unspecified atom stereocenters. The molecule has 1 heterocycles. The molecule has 1 fully saturated rings. The first-order valence-electron chi connectivity index (χ1n) is 5.30. The lowest BCUT2D eigenvalue weighted by Crippen LogP contribution is -2.61. The van der Waals surface area contributed by atoms with Crippen LogP contribution < -0.4 is 0 Å². The maximum absolute atomic E-state index is 13.6. The number of benzene rings is 1. The van der Waals surface area contributed by atoms with E-state index >= 15 is 0 Å². The first-order chi connectivity index (χ1) is 8.63. The molecule has 1 N–H and O–H groups in total. The van der Waals surface area contributed by atoms with Crippen molar-refractivity contribution in [3.63, 3.8) is 0 Å². The SMILES string of the molecule is CC1(O)CN(S(=O)(=O)c2cc([N+](=O)[O-])ccc2F)C1.